The lowest BCUT2D eigenvalue weighted by molar-refractivity contribution is -0.137. The molecule has 0 aromatic carbocycles. The number of ether oxygens (including phenoxy) is 1. The van der Waals surface area contributed by atoms with Crippen molar-refractivity contribution in [1.82, 2.24) is 4.90 Å². The first kappa shape index (κ1) is 20.4. The zero-order valence-corrected chi connectivity index (χ0v) is 14.3. The Morgan fingerprint density at radius 3 is 2.14 bits per heavy atom. The summed E-state index contributed by atoms with van der Waals surface area (Å²) in [4.78, 5) is 14.2. The fourth-order valence-electron chi connectivity index (χ4n) is 3.15. The quantitative estimate of drug-likeness (QED) is 0.713. The Hall–Kier alpha value is -0.570. The molecule has 0 N–H and O–H groups in total. The van der Waals surface area contributed by atoms with Crippen LogP contribution >= 0.6 is 0 Å². The molecule has 0 aromatic rings. The Balaban J connectivity index is 0.00000128. The van der Waals surface area contributed by atoms with Crippen molar-refractivity contribution in [3.63, 3.8) is 0 Å². The Kier molecular flexibility index (Phi) is 7.94. The molecular weight excluding hydrogens is 262 g/mol. The average Bonchev–Trinajstić information content (AvgIpc) is 2.72. The number of carbonyl (C=O) groups is 1. The van der Waals surface area contributed by atoms with Crippen molar-refractivity contribution in [2.75, 3.05) is 19.7 Å². The summed E-state index contributed by atoms with van der Waals surface area (Å²) in [7, 11) is 0. The largest absolute Gasteiger partial charge is 0.375 e. The molecule has 0 aromatic heterocycles. The van der Waals surface area contributed by atoms with E-state index in [0.717, 1.165) is 32.5 Å². The second kappa shape index (κ2) is 8.17. The molecule has 2 rings (SSSR count). The van der Waals surface area contributed by atoms with Gasteiger partial charge in [-0.3, -0.25) is 4.79 Å². The Labute approximate surface area is 132 Å². The fourth-order valence-corrected chi connectivity index (χ4v) is 3.15. The summed E-state index contributed by atoms with van der Waals surface area (Å²) in [5.74, 6) is 0.991. The number of carbonyl (C=O) groups excluding carboxylic acids is 1. The van der Waals surface area contributed by atoms with Gasteiger partial charge in [0.05, 0.1) is 5.60 Å². The minimum Gasteiger partial charge on any atom is -0.375 e. The predicted octanol–water partition coefficient (Wildman–Crippen LogP) is 4.50. The van der Waals surface area contributed by atoms with E-state index in [9.17, 15) is 4.79 Å². The zero-order chi connectivity index (χ0) is 15.4. The van der Waals surface area contributed by atoms with Gasteiger partial charge in [0.25, 0.3) is 0 Å². The van der Waals surface area contributed by atoms with Crippen molar-refractivity contribution in [3.8, 4) is 0 Å². The number of piperidine rings is 1. The van der Waals surface area contributed by atoms with Crippen LogP contribution in [0.5, 0.6) is 0 Å². The number of hydrogen-bond acceptors (Lipinski definition) is 2. The van der Waals surface area contributed by atoms with Crippen LogP contribution in [-0.2, 0) is 9.53 Å². The highest BCUT2D eigenvalue weighted by molar-refractivity contribution is 5.76. The van der Waals surface area contributed by atoms with Crippen molar-refractivity contribution in [3.05, 3.63) is 0 Å². The highest BCUT2D eigenvalue weighted by atomic mass is 16.5. The van der Waals surface area contributed by atoms with Gasteiger partial charge in [0.15, 0.2) is 0 Å². The lowest BCUT2D eigenvalue weighted by Crippen LogP contribution is -2.47. The summed E-state index contributed by atoms with van der Waals surface area (Å²) >= 11 is 0. The van der Waals surface area contributed by atoms with E-state index in [1.807, 2.05) is 18.7 Å². The van der Waals surface area contributed by atoms with Gasteiger partial charge < -0.3 is 9.64 Å². The maximum absolute atomic E-state index is 12.2. The maximum atomic E-state index is 12.2. The minimum absolute atomic E-state index is 0. The van der Waals surface area contributed by atoms with Crippen LogP contribution in [-0.4, -0.2) is 36.1 Å². The van der Waals surface area contributed by atoms with Crippen LogP contribution in [0.1, 0.15) is 74.7 Å². The monoisotopic (exact) mass is 299 g/mol. The number of nitrogens with zero attached hydrogens (tertiary/aromatic N) is 1. The Morgan fingerprint density at radius 1 is 1.24 bits per heavy atom. The summed E-state index contributed by atoms with van der Waals surface area (Å²) in [6.07, 6.45) is 3.87. The van der Waals surface area contributed by atoms with Gasteiger partial charge in [-0.1, -0.05) is 49.0 Å². The molecule has 3 nitrogen and oxygen atoms in total. The van der Waals surface area contributed by atoms with E-state index in [-0.39, 0.29) is 18.4 Å². The number of hydrogen-bond donors (Lipinski definition) is 0. The Bertz CT molecular complexity index is 312. The lowest BCUT2D eigenvalue weighted by Gasteiger charge is -2.39. The van der Waals surface area contributed by atoms with E-state index in [1.165, 1.54) is 6.42 Å². The topological polar surface area (TPSA) is 29.5 Å². The molecule has 1 atom stereocenters. The van der Waals surface area contributed by atoms with Gasteiger partial charge in [-0.15, -0.1) is 0 Å². The normalized spacial score (nSPS) is 24.1. The third-order valence-electron chi connectivity index (χ3n) is 4.10. The smallest absolute Gasteiger partial charge is 0.223 e. The molecule has 2 fully saturated rings. The van der Waals surface area contributed by atoms with E-state index in [2.05, 4.69) is 27.7 Å². The van der Waals surface area contributed by atoms with Crippen LogP contribution in [0.3, 0.4) is 0 Å². The first-order chi connectivity index (χ1) is 9.30. The summed E-state index contributed by atoms with van der Waals surface area (Å²) in [5.41, 5.74) is 0.183. The van der Waals surface area contributed by atoms with Gasteiger partial charge in [0.1, 0.15) is 0 Å². The fraction of sp³-hybridized carbons (Fsp3) is 0.944. The van der Waals surface area contributed by atoms with Crippen LogP contribution in [0.2, 0.25) is 0 Å². The first-order valence-corrected chi connectivity index (χ1v) is 8.21. The SMILES string of the molecule is C.CC.CC1COC2(CCN(C(=O)CC(C)(C)C)CC2)C1. The summed E-state index contributed by atoms with van der Waals surface area (Å²) in [5, 5.41) is 0. The van der Waals surface area contributed by atoms with Crippen LogP contribution in [0.4, 0.5) is 0 Å². The summed E-state index contributed by atoms with van der Waals surface area (Å²) in [6, 6.07) is 0. The highest BCUT2D eigenvalue weighted by Gasteiger charge is 2.42. The standard InChI is InChI=1S/C15H27NO2.C2H6.CH4/c1-12-9-15(18-11-12)5-7-16(8-6-15)13(17)10-14(2,3)4;1-2;/h12H,5-11H2,1-4H3;1-2H3;1H4. The van der Waals surface area contributed by atoms with Crippen LogP contribution in [0.15, 0.2) is 0 Å². The van der Waals surface area contributed by atoms with Crippen molar-refractivity contribution >= 4 is 5.91 Å². The van der Waals surface area contributed by atoms with Crippen molar-refractivity contribution < 1.29 is 9.53 Å². The molecule has 2 saturated heterocycles. The second-order valence-electron chi connectivity index (χ2n) is 7.42. The van der Waals surface area contributed by atoms with Crippen molar-refractivity contribution in [2.24, 2.45) is 11.3 Å². The van der Waals surface area contributed by atoms with E-state index in [4.69, 9.17) is 4.74 Å². The van der Waals surface area contributed by atoms with Crippen LogP contribution in [0, 0.1) is 11.3 Å². The summed E-state index contributed by atoms with van der Waals surface area (Å²) in [6.45, 7) is 15.3. The van der Waals surface area contributed by atoms with Crippen LogP contribution in [0.25, 0.3) is 0 Å². The zero-order valence-electron chi connectivity index (χ0n) is 14.3. The lowest BCUT2D eigenvalue weighted by atomic mass is 9.85. The van der Waals surface area contributed by atoms with Crippen LogP contribution < -0.4 is 0 Å². The molecule has 2 heterocycles. The average molecular weight is 299 g/mol. The van der Waals surface area contributed by atoms with Gasteiger partial charge in [-0.05, 0) is 30.6 Å². The third-order valence-corrected chi connectivity index (χ3v) is 4.10. The molecule has 21 heavy (non-hydrogen) atoms. The van der Waals surface area contributed by atoms with E-state index >= 15 is 0 Å². The van der Waals surface area contributed by atoms with Gasteiger partial charge >= 0.3 is 0 Å². The molecule has 0 saturated carbocycles. The molecule has 0 radical (unpaired) electrons. The minimum atomic E-state index is 0. The van der Waals surface area contributed by atoms with E-state index in [1.54, 1.807) is 0 Å². The molecule has 1 spiro atoms. The predicted molar refractivity (Wildman–Crippen MR) is 90.4 cm³/mol. The first-order valence-electron chi connectivity index (χ1n) is 8.21. The molecule has 2 aliphatic rings. The molecular formula is C18H37NO2. The number of amides is 1. The molecule has 2 aliphatic heterocycles. The van der Waals surface area contributed by atoms with Gasteiger partial charge in [-0.25, -0.2) is 0 Å². The number of likely N-dealkylation sites (tertiary alicyclic amines) is 1. The molecule has 0 aliphatic carbocycles. The van der Waals surface area contributed by atoms with Crippen molar-refractivity contribution in [1.29, 1.82) is 0 Å². The van der Waals surface area contributed by atoms with Gasteiger partial charge in [-0.2, -0.15) is 0 Å². The third kappa shape index (κ3) is 5.98. The Morgan fingerprint density at radius 2 is 1.76 bits per heavy atom. The second-order valence-corrected chi connectivity index (χ2v) is 7.42. The molecule has 3 heteroatoms. The maximum Gasteiger partial charge on any atom is 0.223 e. The number of rotatable bonds is 1. The summed E-state index contributed by atoms with van der Waals surface area (Å²) < 4.78 is 5.98. The van der Waals surface area contributed by atoms with E-state index in [0.29, 0.717) is 18.2 Å². The molecule has 1 amide bonds. The van der Waals surface area contributed by atoms with Crippen molar-refractivity contribution in [2.45, 2.75) is 80.3 Å². The van der Waals surface area contributed by atoms with E-state index < -0.39 is 0 Å². The molecule has 126 valence electrons. The molecule has 1 unspecified atom stereocenters. The molecule has 0 bridgehead atoms. The highest BCUT2D eigenvalue weighted by Crippen LogP contribution is 2.38. The van der Waals surface area contributed by atoms with Gasteiger partial charge in [0.2, 0.25) is 5.91 Å². The van der Waals surface area contributed by atoms with Gasteiger partial charge in [0, 0.05) is 26.1 Å².